The van der Waals surface area contributed by atoms with Crippen molar-refractivity contribution in [3.05, 3.63) is 30.7 Å². The molecule has 108 valence electrons. The summed E-state index contributed by atoms with van der Waals surface area (Å²) in [5, 5.41) is 8.87. The van der Waals surface area contributed by atoms with Crippen molar-refractivity contribution in [2.24, 2.45) is 7.05 Å². The molecular formula is C10H13N5O4S. The van der Waals surface area contributed by atoms with Crippen LogP contribution in [0.3, 0.4) is 0 Å². The van der Waals surface area contributed by atoms with E-state index in [1.54, 1.807) is 7.05 Å². The number of rotatable bonds is 6. The summed E-state index contributed by atoms with van der Waals surface area (Å²) in [5.41, 5.74) is 0.515. The average Bonchev–Trinajstić information content (AvgIpc) is 2.99. The second-order valence-corrected chi connectivity index (χ2v) is 5.83. The molecule has 0 amide bonds. The standard InChI is InChI=1S/C10H13N5O4S/c1-15-4-9(13-6-15)20(18,19)14-8(10(16)17)2-7-3-11-5-12-7/h3-6,8,14H,2H2,1H3,(H,11,12)(H,16,17). The summed E-state index contributed by atoms with van der Waals surface area (Å²) in [6.07, 6.45) is 5.39. The fraction of sp³-hybridized carbons (Fsp3) is 0.300. The minimum absolute atomic E-state index is 0.0403. The zero-order valence-corrected chi connectivity index (χ0v) is 11.3. The van der Waals surface area contributed by atoms with Gasteiger partial charge in [0.2, 0.25) is 0 Å². The maximum atomic E-state index is 12.0. The van der Waals surface area contributed by atoms with Gasteiger partial charge in [0.05, 0.1) is 12.7 Å². The molecule has 2 rings (SSSR count). The van der Waals surface area contributed by atoms with Crippen LogP contribution in [0.1, 0.15) is 5.69 Å². The van der Waals surface area contributed by atoms with E-state index in [1.165, 1.54) is 29.6 Å². The van der Waals surface area contributed by atoms with Gasteiger partial charge in [-0.3, -0.25) is 4.79 Å². The number of aromatic nitrogens is 4. The molecule has 0 aliphatic rings. The maximum absolute atomic E-state index is 12.0. The van der Waals surface area contributed by atoms with Gasteiger partial charge >= 0.3 is 5.97 Å². The molecule has 0 aliphatic carbocycles. The monoisotopic (exact) mass is 299 g/mol. The molecule has 0 spiro atoms. The molecule has 0 saturated carbocycles. The van der Waals surface area contributed by atoms with E-state index in [-0.39, 0.29) is 11.4 Å². The molecule has 0 saturated heterocycles. The molecule has 1 unspecified atom stereocenters. The number of H-pyrrole nitrogens is 1. The summed E-state index contributed by atoms with van der Waals surface area (Å²) >= 11 is 0. The molecule has 1 atom stereocenters. The predicted octanol–water partition coefficient (Wildman–Crippen LogP) is -0.883. The van der Waals surface area contributed by atoms with Crippen LogP contribution in [0.15, 0.2) is 30.1 Å². The number of carboxylic acid groups (broad SMARTS) is 1. The number of sulfonamides is 1. The highest BCUT2D eigenvalue weighted by Crippen LogP contribution is 2.07. The molecule has 0 bridgehead atoms. The lowest BCUT2D eigenvalue weighted by Gasteiger charge is -2.12. The second-order valence-electron chi connectivity index (χ2n) is 4.17. The van der Waals surface area contributed by atoms with E-state index >= 15 is 0 Å². The number of aliphatic carboxylic acids is 1. The van der Waals surface area contributed by atoms with Gasteiger partial charge in [0.15, 0.2) is 5.03 Å². The van der Waals surface area contributed by atoms with Crippen molar-refractivity contribution < 1.29 is 18.3 Å². The summed E-state index contributed by atoms with van der Waals surface area (Å²) in [4.78, 5) is 21.3. The van der Waals surface area contributed by atoms with Gasteiger partial charge in [-0.15, -0.1) is 0 Å². The highest BCUT2D eigenvalue weighted by atomic mass is 32.2. The molecule has 0 aromatic carbocycles. The van der Waals surface area contributed by atoms with Crippen molar-refractivity contribution >= 4 is 16.0 Å². The number of hydrogen-bond donors (Lipinski definition) is 3. The molecular weight excluding hydrogens is 286 g/mol. The van der Waals surface area contributed by atoms with Gasteiger partial charge in [-0.25, -0.2) is 18.4 Å². The van der Waals surface area contributed by atoms with E-state index in [0.29, 0.717) is 5.69 Å². The summed E-state index contributed by atoms with van der Waals surface area (Å²) in [7, 11) is -2.37. The fourth-order valence-corrected chi connectivity index (χ4v) is 2.74. The zero-order valence-electron chi connectivity index (χ0n) is 10.5. The van der Waals surface area contributed by atoms with E-state index < -0.39 is 22.0 Å². The topological polar surface area (TPSA) is 130 Å². The fourth-order valence-electron chi connectivity index (χ4n) is 1.57. The van der Waals surface area contributed by atoms with Gasteiger partial charge in [0, 0.05) is 31.6 Å². The Balaban J connectivity index is 2.17. The summed E-state index contributed by atoms with van der Waals surface area (Å²) in [6, 6.07) is -1.30. The van der Waals surface area contributed by atoms with Crippen molar-refractivity contribution in [1.82, 2.24) is 24.2 Å². The van der Waals surface area contributed by atoms with E-state index in [1.807, 2.05) is 0 Å². The van der Waals surface area contributed by atoms with Gasteiger partial charge < -0.3 is 14.7 Å². The Morgan fingerprint density at radius 3 is 2.85 bits per heavy atom. The lowest BCUT2D eigenvalue weighted by Crippen LogP contribution is -2.42. The number of aromatic amines is 1. The molecule has 9 nitrogen and oxygen atoms in total. The van der Waals surface area contributed by atoms with Gasteiger partial charge in [-0.2, -0.15) is 4.72 Å². The van der Waals surface area contributed by atoms with Crippen molar-refractivity contribution in [3.8, 4) is 0 Å². The second kappa shape index (κ2) is 5.43. The van der Waals surface area contributed by atoms with Crippen LogP contribution in [0.2, 0.25) is 0 Å². The molecule has 2 aromatic rings. The summed E-state index contributed by atoms with van der Waals surface area (Å²) in [5.74, 6) is -1.28. The number of carbonyl (C=O) groups is 1. The Morgan fingerprint density at radius 1 is 1.60 bits per heavy atom. The number of carboxylic acids is 1. The summed E-state index contributed by atoms with van der Waals surface area (Å²) < 4.78 is 27.6. The Morgan fingerprint density at radius 2 is 2.35 bits per heavy atom. The SMILES string of the molecule is Cn1cnc(S(=O)(=O)NC(Cc2cnc[nH]2)C(=O)O)c1. The third-order valence-corrected chi connectivity index (χ3v) is 3.89. The smallest absolute Gasteiger partial charge is 0.322 e. The van der Waals surface area contributed by atoms with Crippen LogP contribution in [-0.4, -0.2) is 45.1 Å². The van der Waals surface area contributed by atoms with Crippen LogP contribution in [0.4, 0.5) is 0 Å². The summed E-state index contributed by atoms with van der Waals surface area (Å²) in [6.45, 7) is 0. The van der Waals surface area contributed by atoms with Crippen LogP contribution >= 0.6 is 0 Å². The maximum Gasteiger partial charge on any atom is 0.322 e. The minimum atomic E-state index is -3.98. The lowest BCUT2D eigenvalue weighted by atomic mass is 10.2. The average molecular weight is 299 g/mol. The van der Waals surface area contributed by atoms with Crippen LogP contribution in [0.25, 0.3) is 0 Å². The number of imidazole rings is 2. The van der Waals surface area contributed by atoms with Crippen molar-refractivity contribution in [1.29, 1.82) is 0 Å². The van der Waals surface area contributed by atoms with E-state index in [9.17, 15) is 13.2 Å². The molecule has 0 fully saturated rings. The molecule has 2 aromatic heterocycles. The number of hydrogen-bond acceptors (Lipinski definition) is 5. The minimum Gasteiger partial charge on any atom is -0.480 e. The van der Waals surface area contributed by atoms with Crippen LogP contribution in [-0.2, 0) is 28.3 Å². The number of aryl methyl sites for hydroxylation is 1. The van der Waals surface area contributed by atoms with Gasteiger partial charge in [-0.05, 0) is 0 Å². The Hall–Kier alpha value is -2.20. The highest BCUT2D eigenvalue weighted by Gasteiger charge is 2.27. The van der Waals surface area contributed by atoms with E-state index in [0.717, 1.165) is 0 Å². The first-order valence-corrected chi connectivity index (χ1v) is 7.07. The first-order valence-electron chi connectivity index (χ1n) is 5.59. The van der Waals surface area contributed by atoms with Crippen LogP contribution < -0.4 is 4.72 Å². The largest absolute Gasteiger partial charge is 0.480 e. The zero-order chi connectivity index (χ0) is 14.8. The highest BCUT2D eigenvalue weighted by molar-refractivity contribution is 7.89. The molecule has 3 N–H and O–H groups in total. The Bertz CT molecular complexity index is 691. The van der Waals surface area contributed by atoms with Gasteiger partial charge in [0.1, 0.15) is 6.04 Å². The third kappa shape index (κ3) is 3.22. The Kier molecular flexibility index (Phi) is 3.86. The van der Waals surface area contributed by atoms with Gasteiger partial charge in [-0.1, -0.05) is 0 Å². The van der Waals surface area contributed by atoms with E-state index in [4.69, 9.17) is 5.11 Å². The van der Waals surface area contributed by atoms with Crippen molar-refractivity contribution in [2.75, 3.05) is 0 Å². The third-order valence-electron chi connectivity index (χ3n) is 2.53. The lowest BCUT2D eigenvalue weighted by molar-refractivity contribution is -0.138. The van der Waals surface area contributed by atoms with Crippen molar-refractivity contribution in [2.45, 2.75) is 17.5 Å². The molecule has 0 radical (unpaired) electrons. The van der Waals surface area contributed by atoms with Crippen molar-refractivity contribution in [3.63, 3.8) is 0 Å². The quantitative estimate of drug-likeness (QED) is 0.635. The van der Waals surface area contributed by atoms with Crippen LogP contribution in [0.5, 0.6) is 0 Å². The normalized spacial score (nSPS) is 13.2. The molecule has 2 heterocycles. The first-order chi connectivity index (χ1) is 9.38. The van der Waals surface area contributed by atoms with Gasteiger partial charge in [0.25, 0.3) is 10.0 Å². The Labute approximate surface area is 114 Å². The number of nitrogens with one attached hydrogen (secondary N) is 2. The molecule has 0 aliphatic heterocycles. The van der Waals surface area contributed by atoms with E-state index in [2.05, 4.69) is 19.7 Å². The number of nitrogens with zero attached hydrogens (tertiary/aromatic N) is 3. The first kappa shape index (κ1) is 14.2. The molecule has 10 heteroatoms. The molecule has 20 heavy (non-hydrogen) atoms. The van der Waals surface area contributed by atoms with Crippen LogP contribution in [0, 0.1) is 0 Å². The predicted molar refractivity (Wildman–Crippen MR) is 67.2 cm³/mol.